The zero-order valence-corrected chi connectivity index (χ0v) is 8.01. The Labute approximate surface area is 90.3 Å². The molecule has 0 N–H and O–H groups in total. The van der Waals surface area contributed by atoms with Crippen LogP contribution in [-0.4, -0.2) is 6.61 Å². The van der Waals surface area contributed by atoms with Crippen LogP contribution in [0.25, 0.3) is 0 Å². The number of benzene rings is 1. The van der Waals surface area contributed by atoms with E-state index in [-0.39, 0.29) is 12.4 Å². The number of ether oxygens (including phenoxy) is 1. The Balaban J connectivity index is 3.14. The molecule has 16 heavy (non-hydrogen) atoms. The van der Waals surface area contributed by atoms with Gasteiger partial charge in [0.15, 0.2) is 0 Å². The molecule has 0 aromatic heterocycles. The van der Waals surface area contributed by atoms with Gasteiger partial charge in [-0.3, -0.25) is 0 Å². The molecule has 0 heterocycles. The Kier molecular flexibility index (Phi) is 3.42. The van der Waals surface area contributed by atoms with E-state index in [0.717, 1.165) is 12.1 Å². The van der Waals surface area contributed by atoms with E-state index in [1.54, 1.807) is 0 Å². The first kappa shape index (κ1) is 11.9. The predicted molar refractivity (Wildman–Crippen MR) is 50.5 cm³/mol. The summed E-state index contributed by atoms with van der Waals surface area (Å²) >= 11 is 0. The van der Waals surface area contributed by atoms with Gasteiger partial charge in [-0.05, 0) is 18.2 Å². The highest BCUT2D eigenvalue weighted by Crippen LogP contribution is 2.34. The Morgan fingerprint density at radius 3 is 2.56 bits per heavy atom. The molecule has 0 aliphatic carbocycles. The van der Waals surface area contributed by atoms with Gasteiger partial charge in [0, 0.05) is 0 Å². The predicted octanol–water partition coefficient (Wildman–Crippen LogP) is 2.59. The number of rotatable bonds is 2. The van der Waals surface area contributed by atoms with E-state index in [1.165, 1.54) is 12.1 Å². The highest BCUT2D eigenvalue weighted by atomic mass is 19.4. The lowest BCUT2D eigenvalue weighted by atomic mass is 10.1. The number of halogens is 3. The zero-order chi connectivity index (χ0) is 12.2. The van der Waals surface area contributed by atoms with E-state index < -0.39 is 17.3 Å². The molecular formula is C11H6F3NO. The fourth-order valence-corrected chi connectivity index (χ4v) is 1.07. The van der Waals surface area contributed by atoms with Crippen LogP contribution in [0.1, 0.15) is 11.1 Å². The fraction of sp³-hybridized carbons (Fsp3) is 0.182. The number of nitrogens with zero attached hydrogens (tertiary/aromatic N) is 1. The van der Waals surface area contributed by atoms with Crippen molar-refractivity contribution in [2.24, 2.45) is 0 Å². The second kappa shape index (κ2) is 4.59. The summed E-state index contributed by atoms with van der Waals surface area (Å²) in [6.45, 7) is -0.122. The topological polar surface area (TPSA) is 33.0 Å². The van der Waals surface area contributed by atoms with Crippen LogP contribution in [0.4, 0.5) is 13.2 Å². The molecule has 82 valence electrons. The highest BCUT2D eigenvalue weighted by molar-refractivity contribution is 5.44. The van der Waals surface area contributed by atoms with Crippen LogP contribution in [0.2, 0.25) is 0 Å². The Hall–Kier alpha value is -2.14. The molecule has 1 aromatic rings. The highest BCUT2D eigenvalue weighted by Gasteiger charge is 2.34. The quantitative estimate of drug-likeness (QED) is 0.725. The van der Waals surface area contributed by atoms with Crippen LogP contribution in [0.5, 0.6) is 5.75 Å². The van der Waals surface area contributed by atoms with Crippen molar-refractivity contribution in [3.63, 3.8) is 0 Å². The minimum atomic E-state index is -4.58. The van der Waals surface area contributed by atoms with Gasteiger partial charge in [0.1, 0.15) is 12.4 Å². The molecule has 0 aliphatic heterocycles. The third kappa shape index (κ3) is 2.68. The maximum atomic E-state index is 12.5. The Bertz CT molecular complexity index is 466. The first-order valence-electron chi connectivity index (χ1n) is 4.16. The summed E-state index contributed by atoms with van der Waals surface area (Å²) in [5, 5.41) is 8.53. The standard InChI is InChI=1S/C11H6F3NO/c1-2-5-16-9-4-3-8(7-15)10(6-9)11(12,13)14/h1,3-4,6H,5H2. The number of terminal acetylenes is 1. The largest absolute Gasteiger partial charge is 0.481 e. The molecule has 0 atom stereocenters. The average molecular weight is 225 g/mol. The van der Waals surface area contributed by atoms with E-state index in [1.807, 2.05) is 0 Å². The van der Waals surface area contributed by atoms with Crippen LogP contribution in [0.3, 0.4) is 0 Å². The number of hydrogen-bond donors (Lipinski definition) is 0. The molecule has 5 heteroatoms. The fourth-order valence-electron chi connectivity index (χ4n) is 1.07. The average Bonchev–Trinajstić information content (AvgIpc) is 2.24. The molecule has 1 rings (SSSR count). The van der Waals surface area contributed by atoms with Gasteiger partial charge < -0.3 is 4.74 Å². The first-order chi connectivity index (χ1) is 7.49. The SMILES string of the molecule is C#CCOc1ccc(C#N)c(C(F)(F)F)c1. The third-order valence-corrected chi connectivity index (χ3v) is 1.74. The van der Waals surface area contributed by atoms with Crippen molar-refractivity contribution in [2.45, 2.75) is 6.18 Å². The molecule has 1 aromatic carbocycles. The molecule has 0 unspecified atom stereocenters. The van der Waals surface area contributed by atoms with Gasteiger partial charge in [-0.2, -0.15) is 18.4 Å². The molecular weight excluding hydrogens is 219 g/mol. The molecule has 0 amide bonds. The van der Waals surface area contributed by atoms with Crippen LogP contribution in [0, 0.1) is 23.7 Å². The van der Waals surface area contributed by atoms with Crippen molar-refractivity contribution in [3.8, 4) is 24.2 Å². The van der Waals surface area contributed by atoms with Crippen LogP contribution in [-0.2, 0) is 6.18 Å². The molecule has 0 aliphatic rings. The molecule has 0 bridgehead atoms. The van der Waals surface area contributed by atoms with Crippen molar-refractivity contribution in [3.05, 3.63) is 29.3 Å². The zero-order valence-electron chi connectivity index (χ0n) is 8.01. The second-order valence-corrected chi connectivity index (χ2v) is 2.81. The molecule has 0 fully saturated rings. The molecule has 0 saturated carbocycles. The van der Waals surface area contributed by atoms with E-state index in [0.29, 0.717) is 0 Å². The molecule has 2 nitrogen and oxygen atoms in total. The van der Waals surface area contributed by atoms with Gasteiger partial charge in [-0.15, -0.1) is 6.42 Å². The van der Waals surface area contributed by atoms with Crippen LogP contribution < -0.4 is 4.74 Å². The maximum absolute atomic E-state index is 12.5. The van der Waals surface area contributed by atoms with Crippen molar-refractivity contribution < 1.29 is 17.9 Å². The number of alkyl halides is 3. The Morgan fingerprint density at radius 1 is 1.38 bits per heavy atom. The maximum Gasteiger partial charge on any atom is 0.417 e. The van der Waals surface area contributed by atoms with E-state index >= 15 is 0 Å². The monoisotopic (exact) mass is 225 g/mol. The van der Waals surface area contributed by atoms with Gasteiger partial charge in [-0.1, -0.05) is 5.92 Å². The summed E-state index contributed by atoms with van der Waals surface area (Å²) in [6, 6.07) is 4.55. The summed E-state index contributed by atoms with van der Waals surface area (Å²) in [4.78, 5) is 0. The van der Waals surface area contributed by atoms with Crippen molar-refractivity contribution in [1.29, 1.82) is 5.26 Å². The van der Waals surface area contributed by atoms with Gasteiger partial charge in [0.2, 0.25) is 0 Å². The van der Waals surface area contributed by atoms with E-state index in [2.05, 4.69) is 5.92 Å². The second-order valence-electron chi connectivity index (χ2n) is 2.81. The van der Waals surface area contributed by atoms with E-state index in [4.69, 9.17) is 16.4 Å². The van der Waals surface area contributed by atoms with Crippen molar-refractivity contribution in [1.82, 2.24) is 0 Å². The van der Waals surface area contributed by atoms with Gasteiger partial charge in [-0.25, -0.2) is 0 Å². The van der Waals surface area contributed by atoms with Gasteiger partial charge in [0.05, 0.1) is 17.2 Å². The van der Waals surface area contributed by atoms with Gasteiger partial charge >= 0.3 is 6.18 Å². The summed E-state index contributed by atoms with van der Waals surface area (Å²) in [5.41, 5.74) is -1.47. The normalized spacial score (nSPS) is 10.3. The summed E-state index contributed by atoms with van der Waals surface area (Å²) in [6.07, 6.45) is 0.324. The smallest absolute Gasteiger partial charge is 0.417 e. The summed E-state index contributed by atoms with van der Waals surface area (Å²) in [5.74, 6) is 2.12. The molecule has 0 radical (unpaired) electrons. The minimum absolute atomic E-state index is 0.00993. The minimum Gasteiger partial charge on any atom is -0.481 e. The Morgan fingerprint density at radius 2 is 2.06 bits per heavy atom. The lowest BCUT2D eigenvalue weighted by Crippen LogP contribution is -2.08. The van der Waals surface area contributed by atoms with Crippen LogP contribution in [0.15, 0.2) is 18.2 Å². The lowest BCUT2D eigenvalue weighted by Gasteiger charge is -2.10. The third-order valence-electron chi connectivity index (χ3n) is 1.74. The number of hydrogen-bond acceptors (Lipinski definition) is 2. The number of nitriles is 1. The van der Waals surface area contributed by atoms with Gasteiger partial charge in [0.25, 0.3) is 0 Å². The van der Waals surface area contributed by atoms with E-state index in [9.17, 15) is 13.2 Å². The molecule has 0 spiro atoms. The first-order valence-corrected chi connectivity index (χ1v) is 4.16. The summed E-state index contributed by atoms with van der Waals surface area (Å²) in [7, 11) is 0. The molecule has 0 saturated heterocycles. The van der Waals surface area contributed by atoms with Crippen molar-refractivity contribution >= 4 is 0 Å². The van der Waals surface area contributed by atoms with Crippen LogP contribution >= 0.6 is 0 Å². The summed E-state index contributed by atoms with van der Waals surface area (Å²) < 4.78 is 42.3. The van der Waals surface area contributed by atoms with Crippen molar-refractivity contribution in [2.75, 3.05) is 6.61 Å². The lowest BCUT2D eigenvalue weighted by molar-refractivity contribution is -0.137.